The van der Waals surface area contributed by atoms with Gasteiger partial charge in [0.15, 0.2) is 0 Å². The Kier molecular flexibility index (Phi) is 2.53. The van der Waals surface area contributed by atoms with E-state index in [0.717, 1.165) is 0 Å². The lowest BCUT2D eigenvalue weighted by atomic mass is 9.58. The fourth-order valence-electron chi connectivity index (χ4n) is 2.16. The Hall–Kier alpha value is -0.480. The molecule has 3 nitrogen and oxygen atoms in total. The lowest BCUT2D eigenvalue weighted by Gasteiger charge is -2.57. The largest absolute Gasteiger partial charge is 0.388 e. The fourth-order valence-corrected chi connectivity index (χ4v) is 2.45. The Bertz CT molecular complexity index is 301. The number of amidine groups is 1. The van der Waals surface area contributed by atoms with E-state index < -0.39 is 16.4 Å². The van der Waals surface area contributed by atoms with Crippen LogP contribution in [0.5, 0.6) is 0 Å². The van der Waals surface area contributed by atoms with Gasteiger partial charge in [0.25, 0.3) is 0 Å². The molecule has 1 fully saturated rings. The molecule has 1 atom stereocenters. The summed E-state index contributed by atoms with van der Waals surface area (Å²) in [6, 6.07) is 0. The van der Waals surface area contributed by atoms with Crippen molar-refractivity contribution < 1.29 is 5.11 Å². The lowest BCUT2D eigenvalue weighted by Crippen LogP contribution is -2.69. The predicted molar refractivity (Wildman–Crippen MR) is 66.3 cm³/mol. The number of hydrogen-bond acceptors (Lipinski definition) is 3. The van der Waals surface area contributed by atoms with Crippen LogP contribution in [0.1, 0.15) is 34.6 Å². The average Bonchev–Trinajstić information content (AvgIpc) is 2.12. The van der Waals surface area contributed by atoms with Gasteiger partial charge in [-0.15, -0.1) is 0 Å². The molecule has 1 saturated heterocycles. The third kappa shape index (κ3) is 1.27. The Morgan fingerprint density at radius 2 is 1.53 bits per heavy atom. The van der Waals surface area contributed by atoms with Crippen LogP contribution in [0.4, 0.5) is 0 Å². The minimum absolute atomic E-state index is 0.372. The molecule has 86 valence electrons. The highest BCUT2D eigenvalue weighted by atomic mass is 32.1. The molecule has 1 heterocycles. The molecular formula is C11H20N2OS. The monoisotopic (exact) mass is 228 g/mol. The molecule has 0 saturated carbocycles. The Morgan fingerprint density at radius 3 is 1.93 bits per heavy atom. The van der Waals surface area contributed by atoms with Crippen LogP contribution in [-0.2, 0) is 0 Å². The van der Waals surface area contributed by atoms with Crippen LogP contribution in [0, 0.1) is 16.2 Å². The van der Waals surface area contributed by atoms with Crippen LogP contribution in [-0.4, -0.2) is 33.5 Å². The van der Waals surface area contributed by atoms with E-state index in [1.165, 1.54) is 0 Å². The standard InChI is InChI=1S/C11H20N2OS/c1-9(2)7(12)13(6)8(15)10(3,4)11(9,5)14/h12,14H,1-6H3. The maximum atomic E-state index is 10.6. The van der Waals surface area contributed by atoms with Crippen LogP contribution in [0.25, 0.3) is 0 Å². The summed E-state index contributed by atoms with van der Waals surface area (Å²) in [5, 5.41) is 18.7. The highest BCUT2D eigenvalue weighted by Gasteiger charge is 2.60. The van der Waals surface area contributed by atoms with Gasteiger partial charge in [0.2, 0.25) is 0 Å². The lowest BCUT2D eigenvalue weighted by molar-refractivity contribution is -0.0920. The first kappa shape index (κ1) is 12.6. The minimum atomic E-state index is -1.01. The normalized spacial score (nSPS) is 34.5. The van der Waals surface area contributed by atoms with Gasteiger partial charge in [-0.2, -0.15) is 0 Å². The number of rotatable bonds is 0. The topological polar surface area (TPSA) is 47.3 Å². The van der Waals surface area contributed by atoms with Crippen LogP contribution in [0.2, 0.25) is 0 Å². The number of likely N-dealkylation sites (tertiary alicyclic amines) is 1. The predicted octanol–water partition coefficient (Wildman–Crippen LogP) is 2.04. The van der Waals surface area contributed by atoms with Crippen molar-refractivity contribution in [3.8, 4) is 0 Å². The molecule has 2 N–H and O–H groups in total. The molecule has 0 bridgehead atoms. The molecule has 0 radical (unpaired) electrons. The van der Waals surface area contributed by atoms with Crippen molar-refractivity contribution >= 4 is 23.0 Å². The Labute approximate surface area is 97.0 Å². The first-order valence-electron chi connectivity index (χ1n) is 5.07. The SMILES string of the molecule is CN1C(=N)C(C)(C)C(C)(O)C(C)(C)C1=S. The number of piperidine rings is 1. The van der Waals surface area contributed by atoms with E-state index in [0.29, 0.717) is 10.8 Å². The molecule has 0 aliphatic carbocycles. The van der Waals surface area contributed by atoms with E-state index in [1.54, 1.807) is 18.9 Å². The van der Waals surface area contributed by atoms with E-state index in [-0.39, 0.29) is 0 Å². The van der Waals surface area contributed by atoms with E-state index >= 15 is 0 Å². The van der Waals surface area contributed by atoms with Crippen molar-refractivity contribution in [1.82, 2.24) is 4.90 Å². The molecule has 1 unspecified atom stereocenters. The first-order chi connectivity index (χ1) is 6.48. The summed E-state index contributed by atoms with van der Waals surface area (Å²) in [5.41, 5.74) is -2.13. The van der Waals surface area contributed by atoms with Gasteiger partial charge in [-0.1, -0.05) is 26.1 Å². The molecule has 0 aromatic rings. The molecule has 0 spiro atoms. The van der Waals surface area contributed by atoms with Gasteiger partial charge in [0.05, 0.1) is 16.0 Å². The summed E-state index contributed by atoms with van der Waals surface area (Å²) in [6.07, 6.45) is 0. The maximum absolute atomic E-state index is 10.6. The smallest absolute Gasteiger partial charge is 0.109 e. The third-order valence-corrected chi connectivity index (χ3v) is 4.98. The first-order valence-corrected chi connectivity index (χ1v) is 5.48. The van der Waals surface area contributed by atoms with Crippen LogP contribution in [0.3, 0.4) is 0 Å². The highest BCUT2D eigenvalue weighted by Crippen LogP contribution is 2.50. The minimum Gasteiger partial charge on any atom is -0.388 e. The summed E-state index contributed by atoms with van der Waals surface area (Å²) in [6.45, 7) is 9.39. The van der Waals surface area contributed by atoms with Gasteiger partial charge in [0, 0.05) is 12.5 Å². The van der Waals surface area contributed by atoms with Crippen molar-refractivity contribution in [1.29, 1.82) is 5.41 Å². The number of nitrogens with zero attached hydrogens (tertiary/aromatic N) is 1. The maximum Gasteiger partial charge on any atom is 0.109 e. The van der Waals surface area contributed by atoms with Crippen molar-refractivity contribution in [3.63, 3.8) is 0 Å². The molecule has 15 heavy (non-hydrogen) atoms. The number of hydrogen-bond donors (Lipinski definition) is 2. The van der Waals surface area contributed by atoms with Gasteiger partial charge in [-0.3, -0.25) is 5.41 Å². The third-order valence-electron chi connectivity index (χ3n) is 4.20. The Balaban J connectivity index is 3.40. The van der Waals surface area contributed by atoms with Gasteiger partial charge in [0.1, 0.15) is 5.84 Å². The molecule has 0 amide bonds. The van der Waals surface area contributed by atoms with Crippen molar-refractivity contribution in [2.45, 2.75) is 40.2 Å². The van der Waals surface area contributed by atoms with Crippen LogP contribution >= 0.6 is 12.2 Å². The number of aliphatic hydroxyl groups is 1. The summed E-state index contributed by atoms with van der Waals surface area (Å²) < 4.78 is 0. The summed E-state index contributed by atoms with van der Waals surface area (Å²) in [4.78, 5) is 2.32. The zero-order chi connectivity index (χ0) is 12.2. The quantitative estimate of drug-likeness (QED) is 0.624. The molecular weight excluding hydrogens is 208 g/mol. The van der Waals surface area contributed by atoms with Gasteiger partial charge < -0.3 is 10.0 Å². The van der Waals surface area contributed by atoms with Crippen LogP contribution in [0.15, 0.2) is 0 Å². The number of nitrogens with one attached hydrogen (secondary N) is 1. The molecule has 1 aliphatic heterocycles. The molecule has 0 aromatic carbocycles. The molecule has 4 heteroatoms. The van der Waals surface area contributed by atoms with Gasteiger partial charge in [-0.05, 0) is 20.8 Å². The average molecular weight is 228 g/mol. The van der Waals surface area contributed by atoms with Crippen molar-refractivity contribution in [3.05, 3.63) is 0 Å². The zero-order valence-electron chi connectivity index (χ0n) is 10.3. The fraction of sp³-hybridized carbons (Fsp3) is 0.818. The second-order valence-electron chi connectivity index (χ2n) is 5.53. The van der Waals surface area contributed by atoms with E-state index in [9.17, 15) is 5.11 Å². The summed E-state index contributed by atoms with van der Waals surface area (Å²) in [7, 11) is 1.80. The summed E-state index contributed by atoms with van der Waals surface area (Å²) >= 11 is 5.32. The van der Waals surface area contributed by atoms with E-state index in [4.69, 9.17) is 17.6 Å². The molecule has 1 aliphatic rings. The second-order valence-corrected chi connectivity index (χ2v) is 5.92. The van der Waals surface area contributed by atoms with Crippen molar-refractivity contribution in [2.24, 2.45) is 10.8 Å². The van der Waals surface area contributed by atoms with E-state index in [1.807, 2.05) is 27.7 Å². The van der Waals surface area contributed by atoms with Gasteiger partial charge >= 0.3 is 0 Å². The van der Waals surface area contributed by atoms with Gasteiger partial charge in [-0.25, -0.2) is 0 Å². The highest BCUT2D eigenvalue weighted by molar-refractivity contribution is 7.80. The molecule has 0 aromatic heterocycles. The summed E-state index contributed by atoms with van der Waals surface area (Å²) in [5.74, 6) is 0.372. The van der Waals surface area contributed by atoms with Crippen LogP contribution < -0.4 is 0 Å². The van der Waals surface area contributed by atoms with Crippen molar-refractivity contribution in [2.75, 3.05) is 7.05 Å². The van der Waals surface area contributed by atoms with E-state index in [2.05, 4.69) is 0 Å². The second kappa shape index (κ2) is 3.01. The zero-order valence-corrected chi connectivity index (χ0v) is 11.1. The Morgan fingerprint density at radius 1 is 1.13 bits per heavy atom. The molecule has 1 rings (SSSR count). The number of thiocarbonyl (C=S) groups is 1.